The topological polar surface area (TPSA) is 99.7 Å². The number of carbonyl (C=O) groups is 1. The van der Waals surface area contributed by atoms with Crippen LogP contribution >= 0.6 is 0 Å². The van der Waals surface area contributed by atoms with E-state index in [0.717, 1.165) is 5.69 Å². The van der Waals surface area contributed by atoms with Crippen molar-refractivity contribution in [1.82, 2.24) is 25.1 Å². The summed E-state index contributed by atoms with van der Waals surface area (Å²) in [5, 5.41) is 9.50. The van der Waals surface area contributed by atoms with Crippen molar-refractivity contribution >= 4 is 17.4 Å². The molecule has 0 atom stereocenters. The van der Waals surface area contributed by atoms with Crippen molar-refractivity contribution in [3.8, 4) is 11.4 Å². The Hall–Kier alpha value is -3.43. The van der Waals surface area contributed by atoms with Crippen LogP contribution in [-0.2, 0) is 0 Å². The van der Waals surface area contributed by atoms with E-state index in [2.05, 4.69) is 30.5 Å². The number of anilines is 2. The van der Waals surface area contributed by atoms with Gasteiger partial charge in [0.2, 0.25) is 0 Å². The zero-order chi connectivity index (χ0) is 21.3. The van der Waals surface area contributed by atoms with Gasteiger partial charge < -0.3 is 10.2 Å². The molecule has 1 saturated heterocycles. The Kier molecular flexibility index (Phi) is 5.15. The maximum Gasteiger partial charge on any atom is 0.266 e. The van der Waals surface area contributed by atoms with Gasteiger partial charge in [-0.15, -0.1) is 0 Å². The molecule has 0 radical (unpaired) electrons. The largest absolute Gasteiger partial charge is 0.349 e. The molecule has 156 valence electrons. The number of amides is 1. The van der Waals surface area contributed by atoms with Gasteiger partial charge in [0.05, 0.1) is 17.8 Å². The Morgan fingerprint density at radius 1 is 1.23 bits per heavy atom. The molecule has 1 fully saturated rings. The highest BCUT2D eigenvalue weighted by Crippen LogP contribution is 2.37. The summed E-state index contributed by atoms with van der Waals surface area (Å²) in [5.41, 5.74) is 2.36. The third-order valence-corrected chi connectivity index (χ3v) is 4.93. The van der Waals surface area contributed by atoms with Crippen LogP contribution in [0.5, 0.6) is 0 Å². The van der Waals surface area contributed by atoms with Crippen molar-refractivity contribution in [2.45, 2.75) is 32.1 Å². The molecule has 1 aliphatic heterocycles. The SMILES string of the molecule is CC(C)c1ccc(C(=O)Nc2c(-c3ccn[nH]3)ncnc2N2CCC(F)(F)C2)cn1. The zero-order valence-corrected chi connectivity index (χ0v) is 16.6. The summed E-state index contributed by atoms with van der Waals surface area (Å²) in [6, 6.07) is 5.15. The number of aromatic nitrogens is 5. The van der Waals surface area contributed by atoms with E-state index in [1.54, 1.807) is 24.4 Å². The van der Waals surface area contributed by atoms with Crippen LogP contribution in [-0.4, -0.2) is 50.1 Å². The number of rotatable bonds is 5. The summed E-state index contributed by atoms with van der Waals surface area (Å²) >= 11 is 0. The smallest absolute Gasteiger partial charge is 0.266 e. The lowest BCUT2D eigenvalue weighted by Gasteiger charge is -2.22. The molecule has 4 rings (SSSR count). The van der Waals surface area contributed by atoms with Crippen LogP contribution < -0.4 is 10.2 Å². The van der Waals surface area contributed by atoms with Gasteiger partial charge in [0.15, 0.2) is 5.82 Å². The van der Waals surface area contributed by atoms with Crippen molar-refractivity contribution in [3.05, 3.63) is 48.2 Å². The summed E-state index contributed by atoms with van der Waals surface area (Å²) < 4.78 is 27.6. The molecular formula is C20H21F2N7O. The van der Waals surface area contributed by atoms with Gasteiger partial charge in [0.25, 0.3) is 11.8 Å². The molecule has 0 unspecified atom stereocenters. The molecule has 8 nitrogen and oxygen atoms in total. The Balaban J connectivity index is 1.70. The van der Waals surface area contributed by atoms with E-state index in [-0.39, 0.29) is 30.4 Å². The van der Waals surface area contributed by atoms with Crippen molar-refractivity contribution in [2.24, 2.45) is 0 Å². The van der Waals surface area contributed by atoms with Crippen molar-refractivity contribution in [1.29, 1.82) is 0 Å². The van der Waals surface area contributed by atoms with Gasteiger partial charge in [-0.25, -0.2) is 18.7 Å². The highest BCUT2D eigenvalue weighted by atomic mass is 19.3. The van der Waals surface area contributed by atoms with Crippen LogP contribution in [0, 0.1) is 0 Å². The summed E-state index contributed by atoms with van der Waals surface area (Å²) in [6.07, 6.45) is 4.05. The van der Waals surface area contributed by atoms with E-state index in [1.807, 2.05) is 13.8 Å². The van der Waals surface area contributed by atoms with Crippen molar-refractivity contribution in [3.63, 3.8) is 0 Å². The van der Waals surface area contributed by atoms with Gasteiger partial charge in [-0.1, -0.05) is 13.8 Å². The van der Waals surface area contributed by atoms with Crippen LogP contribution in [0.2, 0.25) is 0 Å². The van der Waals surface area contributed by atoms with E-state index in [1.165, 1.54) is 17.4 Å². The van der Waals surface area contributed by atoms with E-state index in [9.17, 15) is 13.6 Å². The first-order valence-corrected chi connectivity index (χ1v) is 9.59. The molecule has 0 aliphatic carbocycles. The first-order chi connectivity index (χ1) is 14.3. The summed E-state index contributed by atoms with van der Waals surface area (Å²) in [6.45, 7) is 3.68. The second kappa shape index (κ2) is 7.77. The minimum Gasteiger partial charge on any atom is -0.349 e. The molecule has 3 aromatic heterocycles. The molecular weight excluding hydrogens is 392 g/mol. The fourth-order valence-electron chi connectivity index (χ4n) is 3.31. The lowest BCUT2D eigenvalue weighted by atomic mass is 10.1. The zero-order valence-electron chi connectivity index (χ0n) is 16.6. The number of aromatic amines is 1. The number of pyridine rings is 1. The highest BCUT2D eigenvalue weighted by molar-refractivity contribution is 6.07. The van der Waals surface area contributed by atoms with Crippen molar-refractivity contribution in [2.75, 3.05) is 23.3 Å². The molecule has 0 saturated carbocycles. The Bertz CT molecular complexity index is 1040. The predicted octanol–water partition coefficient (Wildman–Crippen LogP) is 3.48. The monoisotopic (exact) mass is 413 g/mol. The van der Waals surface area contributed by atoms with Crippen LogP contribution in [0.1, 0.15) is 42.2 Å². The number of carbonyl (C=O) groups excluding carboxylic acids is 1. The van der Waals surface area contributed by atoms with Crippen LogP contribution in [0.15, 0.2) is 36.9 Å². The second-order valence-corrected chi connectivity index (χ2v) is 7.50. The number of H-pyrrole nitrogens is 1. The Morgan fingerprint density at radius 3 is 2.67 bits per heavy atom. The van der Waals surface area contributed by atoms with E-state index in [4.69, 9.17) is 0 Å². The molecule has 4 heterocycles. The van der Waals surface area contributed by atoms with Crippen LogP contribution in [0.3, 0.4) is 0 Å². The van der Waals surface area contributed by atoms with Crippen molar-refractivity contribution < 1.29 is 13.6 Å². The molecule has 2 N–H and O–H groups in total. The number of nitrogens with zero attached hydrogens (tertiary/aromatic N) is 5. The van der Waals surface area contributed by atoms with Gasteiger partial charge in [0.1, 0.15) is 17.7 Å². The molecule has 0 bridgehead atoms. The molecule has 0 aromatic carbocycles. The lowest BCUT2D eigenvalue weighted by molar-refractivity contribution is 0.0257. The quantitative estimate of drug-likeness (QED) is 0.664. The average molecular weight is 413 g/mol. The average Bonchev–Trinajstić information content (AvgIpc) is 3.37. The van der Waals surface area contributed by atoms with Crippen LogP contribution in [0.25, 0.3) is 11.4 Å². The molecule has 0 spiro atoms. The summed E-state index contributed by atoms with van der Waals surface area (Å²) in [5.74, 6) is -2.76. The fourth-order valence-corrected chi connectivity index (χ4v) is 3.31. The number of hydrogen-bond donors (Lipinski definition) is 2. The summed E-state index contributed by atoms with van der Waals surface area (Å²) in [4.78, 5) is 27.1. The molecule has 10 heteroatoms. The Labute approximate surface area is 171 Å². The molecule has 3 aromatic rings. The first kappa shape index (κ1) is 19.9. The van der Waals surface area contributed by atoms with E-state index < -0.39 is 18.4 Å². The number of halogens is 2. The van der Waals surface area contributed by atoms with Gasteiger partial charge >= 0.3 is 0 Å². The summed E-state index contributed by atoms with van der Waals surface area (Å²) in [7, 11) is 0. The standard InChI is InChI=1S/C20H21F2N7O/c1-12(2)14-4-3-13(9-23-14)19(30)27-17-16(15-5-7-26-28-15)24-11-25-18(17)29-8-6-20(21,22)10-29/h3-5,7,9,11-12H,6,8,10H2,1-2H3,(H,26,28)(H,27,30). The van der Waals surface area contributed by atoms with E-state index in [0.29, 0.717) is 17.0 Å². The predicted molar refractivity (Wildman–Crippen MR) is 108 cm³/mol. The minimum atomic E-state index is -2.81. The number of hydrogen-bond acceptors (Lipinski definition) is 6. The maximum atomic E-state index is 13.8. The number of nitrogens with one attached hydrogen (secondary N) is 2. The normalized spacial score (nSPS) is 15.6. The fraction of sp³-hybridized carbons (Fsp3) is 0.350. The van der Waals surface area contributed by atoms with E-state index >= 15 is 0 Å². The van der Waals surface area contributed by atoms with Gasteiger partial charge in [-0.3, -0.25) is 14.9 Å². The van der Waals surface area contributed by atoms with Crippen LogP contribution in [0.4, 0.5) is 20.3 Å². The maximum absolute atomic E-state index is 13.8. The molecule has 1 amide bonds. The second-order valence-electron chi connectivity index (χ2n) is 7.50. The third kappa shape index (κ3) is 3.98. The minimum absolute atomic E-state index is 0.125. The molecule has 1 aliphatic rings. The van der Waals surface area contributed by atoms with Gasteiger partial charge in [0, 0.05) is 31.1 Å². The lowest BCUT2D eigenvalue weighted by Crippen LogP contribution is -2.27. The highest BCUT2D eigenvalue weighted by Gasteiger charge is 2.40. The number of alkyl halides is 2. The third-order valence-electron chi connectivity index (χ3n) is 4.93. The Morgan fingerprint density at radius 2 is 2.07 bits per heavy atom. The molecule has 30 heavy (non-hydrogen) atoms. The first-order valence-electron chi connectivity index (χ1n) is 9.59. The van der Waals surface area contributed by atoms with Gasteiger partial charge in [-0.05, 0) is 24.1 Å². The van der Waals surface area contributed by atoms with Gasteiger partial charge in [-0.2, -0.15) is 5.10 Å².